The Labute approximate surface area is 130 Å². The summed E-state index contributed by atoms with van der Waals surface area (Å²) in [6.07, 6.45) is 7.97. The molecule has 1 saturated carbocycles. The molecule has 1 atom stereocenters. The van der Waals surface area contributed by atoms with Crippen molar-refractivity contribution in [3.8, 4) is 11.8 Å². The van der Waals surface area contributed by atoms with Crippen LogP contribution in [0.5, 0.6) is 5.75 Å². The van der Waals surface area contributed by atoms with Crippen LogP contribution in [0.4, 0.5) is 0 Å². The van der Waals surface area contributed by atoms with E-state index in [-0.39, 0.29) is 11.7 Å². The molecule has 0 amide bonds. The van der Waals surface area contributed by atoms with E-state index >= 15 is 0 Å². The van der Waals surface area contributed by atoms with E-state index in [1.807, 2.05) is 12.1 Å². The van der Waals surface area contributed by atoms with Gasteiger partial charge in [-0.15, -0.1) is 0 Å². The Balaban J connectivity index is 1.73. The molecule has 1 spiro atoms. The zero-order chi connectivity index (χ0) is 14.7. The van der Waals surface area contributed by atoms with Crippen LogP contribution in [-0.4, -0.2) is 18.3 Å². The number of hydrogen-bond donors (Lipinski definition) is 0. The van der Waals surface area contributed by atoms with Gasteiger partial charge in [0.1, 0.15) is 23.5 Å². The molecule has 112 valence electrons. The second-order valence-corrected chi connectivity index (χ2v) is 6.46. The van der Waals surface area contributed by atoms with Crippen LogP contribution in [-0.2, 0) is 4.74 Å². The van der Waals surface area contributed by atoms with E-state index in [4.69, 9.17) is 21.1 Å². The molecule has 2 aliphatic rings. The summed E-state index contributed by atoms with van der Waals surface area (Å²) in [5, 5.41) is 9.68. The minimum absolute atomic E-state index is 0.00650. The molecule has 1 aromatic rings. The molecule has 3 nitrogen and oxygen atoms in total. The van der Waals surface area contributed by atoms with Crippen molar-refractivity contribution in [3.05, 3.63) is 28.8 Å². The zero-order valence-electron chi connectivity index (χ0n) is 12.1. The smallest absolute Gasteiger partial charge is 0.139 e. The maximum atomic E-state index is 9.23. The Kier molecular flexibility index (Phi) is 4.37. The predicted octanol–water partition coefficient (Wildman–Crippen LogP) is 4.47. The average molecular weight is 306 g/mol. The molecule has 1 unspecified atom stereocenters. The molecular formula is C17H20ClNO2. The van der Waals surface area contributed by atoms with Gasteiger partial charge in [0, 0.05) is 12.8 Å². The average Bonchev–Trinajstić information content (AvgIpc) is 2.48. The fourth-order valence-corrected chi connectivity index (χ4v) is 3.73. The number of nitrogens with zero attached hydrogens (tertiary/aromatic N) is 1. The van der Waals surface area contributed by atoms with Gasteiger partial charge in [0.05, 0.1) is 17.2 Å². The van der Waals surface area contributed by atoms with E-state index in [1.165, 1.54) is 19.3 Å². The maximum absolute atomic E-state index is 9.23. The first-order valence-corrected chi connectivity index (χ1v) is 8.09. The molecule has 1 aromatic carbocycles. The molecular weight excluding hydrogens is 286 g/mol. The van der Waals surface area contributed by atoms with E-state index < -0.39 is 0 Å². The Morgan fingerprint density at radius 1 is 1.29 bits per heavy atom. The van der Waals surface area contributed by atoms with Crippen LogP contribution in [0.2, 0.25) is 5.02 Å². The molecule has 0 bridgehead atoms. The summed E-state index contributed by atoms with van der Waals surface area (Å²) < 4.78 is 12.2. The number of nitriles is 1. The zero-order valence-corrected chi connectivity index (χ0v) is 12.9. The van der Waals surface area contributed by atoms with Crippen LogP contribution < -0.4 is 4.74 Å². The fourth-order valence-electron chi connectivity index (χ4n) is 3.52. The summed E-state index contributed by atoms with van der Waals surface area (Å²) in [6, 6.07) is 7.51. The van der Waals surface area contributed by atoms with Crippen molar-refractivity contribution in [1.82, 2.24) is 0 Å². The molecule has 1 heterocycles. The predicted molar refractivity (Wildman–Crippen MR) is 81.6 cm³/mol. The topological polar surface area (TPSA) is 42.2 Å². The largest absolute Gasteiger partial charge is 0.489 e. The van der Waals surface area contributed by atoms with Gasteiger partial charge in [0.25, 0.3) is 0 Å². The third-order valence-corrected chi connectivity index (χ3v) is 4.91. The minimum Gasteiger partial charge on any atom is -0.489 e. The van der Waals surface area contributed by atoms with Gasteiger partial charge in [-0.3, -0.25) is 0 Å². The van der Waals surface area contributed by atoms with Crippen LogP contribution in [0.1, 0.15) is 50.5 Å². The Morgan fingerprint density at radius 3 is 2.86 bits per heavy atom. The second kappa shape index (κ2) is 6.25. The number of rotatable bonds is 2. The van der Waals surface area contributed by atoms with Gasteiger partial charge in [0.2, 0.25) is 0 Å². The summed E-state index contributed by atoms with van der Waals surface area (Å²) in [5.74, 6) is 0.600. The lowest BCUT2D eigenvalue weighted by Crippen LogP contribution is -2.45. The van der Waals surface area contributed by atoms with Crippen molar-refractivity contribution in [2.45, 2.75) is 56.7 Å². The molecule has 0 N–H and O–H groups in total. The SMILES string of the molecule is N#Cc1c(Cl)cccc1OC1CCOC2(CCCCC2)C1. The number of ether oxygens (including phenoxy) is 2. The van der Waals surface area contributed by atoms with Gasteiger partial charge in [-0.25, -0.2) is 0 Å². The quantitative estimate of drug-likeness (QED) is 0.809. The van der Waals surface area contributed by atoms with Gasteiger partial charge < -0.3 is 9.47 Å². The monoisotopic (exact) mass is 305 g/mol. The summed E-state index contributed by atoms with van der Waals surface area (Å²) in [4.78, 5) is 0. The lowest BCUT2D eigenvalue weighted by Gasteiger charge is -2.43. The van der Waals surface area contributed by atoms with E-state index in [0.29, 0.717) is 16.3 Å². The summed E-state index contributed by atoms with van der Waals surface area (Å²) in [5.41, 5.74) is 0.440. The second-order valence-electron chi connectivity index (χ2n) is 6.05. The summed E-state index contributed by atoms with van der Waals surface area (Å²) in [6.45, 7) is 0.743. The molecule has 2 fully saturated rings. The molecule has 3 rings (SSSR count). The number of hydrogen-bond acceptors (Lipinski definition) is 3. The van der Waals surface area contributed by atoms with E-state index in [0.717, 1.165) is 32.3 Å². The highest BCUT2D eigenvalue weighted by Gasteiger charge is 2.39. The first kappa shape index (κ1) is 14.7. The van der Waals surface area contributed by atoms with Gasteiger partial charge in [-0.1, -0.05) is 36.9 Å². The lowest BCUT2D eigenvalue weighted by atomic mass is 9.79. The highest BCUT2D eigenvalue weighted by Crippen LogP contribution is 2.40. The Morgan fingerprint density at radius 2 is 2.10 bits per heavy atom. The molecule has 0 radical (unpaired) electrons. The van der Waals surface area contributed by atoms with Gasteiger partial charge in [-0.2, -0.15) is 5.26 Å². The van der Waals surface area contributed by atoms with E-state index in [2.05, 4.69) is 6.07 Å². The van der Waals surface area contributed by atoms with Gasteiger partial charge >= 0.3 is 0 Å². The Bertz CT molecular complexity index is 541. The van der Waals surface area contributed by atoms with Crippen molar-refractivity contribution in [2.24, 2.45) is 0 Å². The third-order valence-electron chi connectivity index (χ3n) is 4.59. The third kappa shape index (κ3) is 3.17. The number of halogens is 1. The summed E-state index contributed by atoms with van der Waals surface area (Å²) >= 11 is 6.06. The molecule has 21 heavy (non-hydrogen) atoms. The molecule has 1 aliphatic carbocycles. The van der Waals surface area contributed by atoms with Gasteiger partial charge in [0.15, 0.2) is 0 Å². The van der Waals surface area contributed by atoms with E-state index in [1.54, 1.807) is 6.07 Å². The van der Waals surface area contributed by atoms with Crippen LogP contribution >= 0.6 is 11.6 Å². The molecule has 0 aromatic heterocycles. The highest BCUT2D eigenvalue weighted by molar-refractivity contribution is 6.31. The lowest BCUT2D eigenvalue weighted by molar-refractivity contribution is -0.129. The maximum Gasteiger partial charge on any atom is 0.139 e. The molecule has 1 aliphatic heterocycles. The Hall–Kier alpha value is -1.24. The fraction of sp³-hybridized carbons (Fsp3) is 0.588. The minimum atomic E-state index is 0.00650. The van der Waals surface area contributed by atoms with Crippen LogP contribution in [0.3, 0.4) is 0 Å². The summed E-state index contributed by atoms with van der Waals surface area (Å²) in [7, 11) is 0. The van der Waals surface area contributed by atoms with Gasteiger partial charge in [-0.05, 0) is 25.0 Å². The van der Waals surface area contributed by atoms with Crippen molar-refractivity contribution < 1.29 is 9.47 Å². The van der Waals surface area contributed by atoms with Crippen molar-refractivity contribution in [1.29, 1.82) is 5.26 Å². The van der Waals surface area contributed by atoms with Crippen molar-refractivity contribution in [3.63, 3.8) is 0 Å². The standard InChI is InChI=1S/C17H20ClNO2/c18-15-5-4-6-16(14(15)12-19)21-13-7-10-20-17(11-13)8-2-1-3-9-17/h4-6,13H,1-3,7-11H2. The van der Waals surface area contributed by atoms with Crippen LogP contribution in [0, 0.1) is 11.3 Å². The van der Waals surface area contributed by atoms with Crippen molar-refractivity contribution >= 4 is 11.6 Å². The van der Waals surface area contributed by atoms with E-state index in [9.17, 15) is 5.26 Å². The van der Waals surface area contributed by atoms with Crippen molar-refractivity contribution in [2.75, 3.05) is 6.61 Å². The molecule has 4 heteroatoms. The first-order valence-electron chi connectivity index (χ1n) is 7.72. The van der Waals surface area contributed by atoms with Crippen LogP contribution in [0.25, 0.3) is 0 Å². The molecule has 1 saturated heterocycles. The van der Waals surface area contributed by atoms with Crippen LogP contribution in [0.15, 0.2) is 18.2 Å². The normalized spacial score (nSPS) is 24.5. The highest BCUT2D eigenvalue weighted by atomic mass is 35.5. The number of benzene rings is 1. The first-order chi connectivity index (χ1) is 10.2.